The van der Waals surface area contributed by atoms with E-state index in [0.717, 1.165) is 41.2 Å². The van der Waals surface area contributed by atoms with Crippen LogP contribution in [0.2, 0.25) is 0 Å². The van der Waals surface area contributed by atoms with Gasteiger partial charge in [0.2, 0.25) is 5.95 Å². The van der Waals surface area contributed by atoms with Crippen molar-refractivity contribution in [1.29, 1.82) is 5.26 Å². The van der Waals surface area contributed by atoms with Gasteiger partial charge >= 0.3 is 0 Å². The highest BCUT2D eigenvalue weighted by atomic mass is 16.5. The topological polar surface area (TPSA) is 82.8 Å². The zero-order valence-electron chi connectivity index (χ0n) is 16.3. The number of allylic oxidation sites excluding steroid dienone is 1. The van der Waals surface area contributed by atoms with E-state index in [0.29, 0.717) is 24.6 Å². The number of H-pyrrole nitrogens is 1. The van der Waals surface area contributed by atoms with Crippen molar-refractivity contribution in [3.63, 3.8) is 0 Å². The molecule has 5 rings (SSSR count). The smallest absolute Gasteiger partial charge is 0.232 e. The first kappa shape index (κ1) is 18.2. The summed E-state index contributed by atoms with van der Waals surface area (Å²) in [4.78, 5) is 5.40. The lowest BCUT2D eigenvalue weighted by atomic mass is 10.1. The van der Waals surface area contributed by atoms with Gasteiger partial charge in [-0.2, -0.15) is 5.26 Å². The van der Waals surface area contributed by atoms with E-state index in [9.17, 15) is 5.26 Å². The SMILES string of the molecule is N#C/C(=C\c1c[nH]c2ccccc12)c1nnc(N2CCOCC2)n1-c1ccccc1. The quantitative estimate of drug-likeness (QED) is 0.533. The normalized spacial score (nSPS) is 14.8. The maximum atomic E-state index is 10.00. The Balaban J connectivity index is 1.65. The van der Waals surface area contributed by atoms with E-state index < -0.39 is 0 Å². The number of nitriles is 1. The van der Waals surface area contributed by atoms with Gasteiger partial charge in [-0.05, 0) is 24.3 Å². The van der Waals surface area contributed by atoms with Crippen LogP contribution in [0, 0.1) is 11.3 Å². The van der Waals surface area contributed by atoms with E-state index in [1.165, 1.54) is 0 Å². The molecule has 0 radical (unpaired) electrons. The molecule has 7 nitrogen and oxygen atoms in total. The molecule has 0 unspecified atom stereocenters. The third-order valence-corrected chi connectivity index (χ3v) is 5.24. The maximum Gasteiger partial charge on any atom is 0.232 e. The Bertz CT molecular complexity index is 1240. The van der Waals surface area contributed by atoms with Crippen molar-refractivity contribution in [2.24, 2.45) is 0 Å². The average Bonchev–Trinajstić information content (AvgIpc) is 3.43. The Morgan fingerprint density at radius 3 is 2.60 bits per heavy atom. The summed E-state index contributed by atoms with van der Waals surface area (Å²) >= 11 is 0. The van der Waals surface area contributed by atoms with Crippen LogP contribution in [0.15, 0.2) is 60.8 Å². The van der Waals surface area contributed by atoms with Crippen LogP contribution < -0.4 is 4.90 Å². The number of anilines is 1. The lowest BCUT2D eigenvalue weighted by molar-refractivity contribution is 0.122. The molecule has 2 aromatic heterocycles. The summed E-state index contributed by atoms with van der Waals surface area (Å²) in [5, 5.41) is 19.9. The molecule has 7 heteroatoms. The molecule has 3 heterocycles. The molecule has 2 aromatic carbocycles. The molecule has 4 aromatic rings. The lowest BCUT2D eigenvalue weighted by Crippen LogP contribution is -2.38. The summed E-state index contributed by atoms with van der Waals surface area (Å²) in [5.74, 6) is 1.25. The van der Waals surface area contributed by atoms with Crippen molar-refractivity contribution in [2.45, 2.75) is 0 Å². The Morgan fingerprint density at radius 1 is 1.03 bits per heavy atom. The van der Waals surface area contributed by atoms with Crippen LogP contribution in [0.5, 0.6) is 0 Å². The summed E-state index contributed by atoms with van der Waals surface area (Å²) in [6.45, 7) is 2.76. The highest BCUT2D eigenvalue weighted by Crippen LogP contribution is 2.28. The van der Waals surface area contributed by atoms with Gasteiger partial charge in [0.1, 0.15) is 6.07 Å². The Labute approximate surface area is 173 Å². The molecule has 1 aliphatic heterocycles. The lowest BCUT2D eigenvalue weighted by Gasteiger charge is -2.28. The number of fused-ring (bicyclic) bond motifs is 1. The number of aromatic amines is 1. The van der Waals surface area contributed by atoms with Crippen LogP contribution in [0.25, 0.3) is 28.2 Å². The number of hydrogen-bond acceptors (Lipinski definition) is 5. The summed E-state index contributed by atoms with van der Waals surface area (Å²) in [7, 11) is 0. The third-order valence-electron chi connectivity index (χ3n) is 5.24. The van der Waals surface area contributed by atoms with E-state index in [-0.39, 0.29) is 0 Å². The first-order valence-electron chi connectivity index (χ1n) is 9.87. The Kier molecular flexibility index (Phi) is 4.75. The van der Waals surface area contributed by atoms with Gasteiger partial charge in [0.25, 0.3) is 0 Å². The number of nitrogens with zero attached hydrogens (tertiary/aromatic N) is 5. The number of para-hydroxylation sites is 2. The largest absolute Gasteiger partial charge is 0.378 e. The molecule has 0 spiro atoms. The standard InChI is InChI=1S/C23H20N6O/c24-15-17(14-18-16-25-21-9-5-4-8-20(18)21)22-26-27-23(28-10-12-30-13-11-28)29(22)19-6-2-1-3-7-19/h1-9,14,16,25H,10-13H2/b17-14+. The molecular formula is C23H20N6O. The average molecular weight is 396 g/mol. The van der Waals surface area contributed by atoms with Crippen LogP contribution in [0.4, 0.5) is 5.95 Å². The van der Waals surface area contributed by atoms with Crippen molar-refractivity contribution in [1.82, 2.24) is 19.7 Å². The summed E-state index contributed by atoms with van der Waals surface area (Å²) < 4.78 is 7.44. The maximum absolute atomic E-state index is 10.00. The molecule has 1 fully saturated rings. The number of morpholine rings is 1. The van der Waals surface area contributed by atoms with Gasteiger partial charge in [0.15, 0.2) is 5.82 Å². The second kappa shape index (κ2) is 7.85. The summed E-state index contributed by atoms with van der Waals surface area (Å²) in [6, 6.07) is 20.3. The summed E-state index contributed by atoms with van der Waals surface area (Å²) in [6.07, 6.45) is 3.78. The number of benzene rings is 2. The van der Waals surface area contributed by atoms with E-state index in [4.69, 9.17) is 4.74 Å². The third kappa shape index (κ3) is 3.23. The second-order valence-electron chi connectivity index (χ2n) is 7.05. The second-order valence-corrected chi connectivity index (χ2v) is 7.05. The van der Waals surface area contributed by atoms with Gasteiger partial charge in [0.05, 0.1) is 24.5 Å². The van der Waals surface area contributed by atoms with Crippen molar-refractivity contribution >= 4 is 28.5 Å². The molecule has 0 aliphatic carbocycles. The van der Waals surface area contributed by atoms with Crippen molar-refractivity contribution in [3.8, 4) is 11.8 Å². The molecule has 30 heavy (non-hydrogen) atoms. The fraction of sp³-hybridized carbons (Fsp3) is 0.174. The predicted octanol–water partition coefficient (Wildman–Crippen LogP) is 3.65. The molecule has 0 bridgehead atoms. The van der Waals surface area contributed by atoms with Crippen molar-refractivity contribution in [3.05, 3.63) is 72.2 Å². The number of ether oxygens (including phenoxy) is 1. The van der Waals surface area contributed by atoms with Gasteiger partial charge in [-0.15, -0.1) is 10.2 Å². The van der Waals surface area contributed by atoms with Gasteiger partial charge in [-0.3, -0.25) is 4.57 Å². The monoisotopic (exact) mass is 396 g/mol. The first-order valence-corrected chi connectivity index (χ1v) is 9.87. The molecule has 0 saturated carbocycles. The minimum absolute atomic E-state index is 0.454. The molecule has 0 atom stereocenters. The first-order chi connectivity index (χ1) is 14.8. The Hall–Kier alpha value is -3.89. The molecule has 1 saturated heterocycles. The molecular weight excluding hydrogens is 376 g/mol. The summed E-state index contributed by atoms with van der Waals surface area (Å²) in [5.41, 5.74) is 3.34. The predicted molar refractivity (Wildman–Crippen MR) is 116 cm³/mol. The van der Waals surface area contributed by atoms with Gasteiger partial charge in [0, 0.05) is 35.8 Å². The van der Waals surface area contributed by atoms with Crippen LogP contribution in [0.3, 0.4) is 0 Å². The highest BCUT2D eigenvalue weighted by molar-refractivity contribution is 5.97. The fourth-order valence-corrected chi connectivity index (χ4v) is 3.75. The molecule has 148 valence electrons. The number of rotatable bonds is 4. The fourth-order valence-electron chi connectivity index (χ4n) is 3.75. The minimum atomic E-state index is 0.454. The van der Waals surface area contributed by atoms with Gasteiger partial charge < -0.3 is 14.6 Å². The number of aromatic nitrogens is 4. The van der Waals surface area contributed by atoms with E-state index in [2.05, 4.69) is 26.2 Å². The molecule has 0 amide bonds. The van der Waals surface area contributed by atoms with E-state index in [1.54, 1.807) is 0 Å². The van der Waals surface area contributed by atoms with Crippen LogP contribution in [0.1, 0.15) is 11.4 Å². The minimum Gasteiger partial charge on any atom is -0.378 e. The van der Waals surface area contributed by atoms with Crippen LogP contribution in [-0.4, -0.2) is 46.1 Å². The number of nitrogens with one attached hydrogen (secondary N) is 1. The zero-order valence-corrected chi connectivity index (χ0v) is 16.3. The van der Waals surface area contributed by atoms with E-state index >= 15 is 0 Å². The van der Waals surface area contributed by atoms with E-state index in [1.807, 2.05) is 71.4 Å². The van der Waals surface area contributed by atoms with Crippen molar-refractivity contribution in [2.75, 3.05) is 31.2 Å². The number of hydrogen-bond donors (Lipinski definition) is 1. The van der Waals surface area contributed by atoms with Crippen molar-refractivity contribution < 1.29 is 4.74 Å². The molecule has 1 N–H and O–H groups in total. The highest BCUT2D eigenvalue weighted by Gasteiger charge is 2.23. The zero-order chi connectivity index (χ0) is 20.3. The van der Waals surface area contributed by atoms with Gasteiger partial charge in [-0.1, -0.05) is 36.4 Å². The molecule has 1 aliphatic rings. The van der Waals surface area contributed by atoms with Gasteiger partial charge in [-0.25, -0.2) is 0 Å². The Morgan fingerprint density at radius 2 is 1.80 bits per heavy atom. The van der Waals surface area contributed by atoms with Crippen LogP contribution in [-0.2, 0) is 4.74 Å². The van der Waals surface area contributed by atoms with Crippen LogP contribution >= 0.6 is 0 Å².